The normalized spacial score (nSPS) is 13.2. The second-order valence-electron chi connectivity index (χ2n) is 7.67. The zero-order chi connectivity index (χ0) is 19.1. The van der Waals surface area contributed by atoms with Crippen LogP contribution in [0.25, 0.3) is 27.5 Å². The number of hydrogen-bond donors (Lipinski definition) is 0. The average Bonchev–Trinajstić information content (AvgIpc) is 3.11. The van der Waals surface area contributed by atoms with Crippen molar-refractivity contribution in [3.8, 4) is 17.2 Å². The zero-order valence-corrected chi connectivity index (χ0v) is 15.6. The van der Waals surface area contributed by atoms with Gasteiger partial charge in [0.1, 0.15) is 11.5 Å². The van der Waals surface area contributed by atoms with Gasteiger partial charge in [-0.25, -0.2) is 0 Å². The Morgan fingerprint density at radius 2 is 1.52 bits per heavy atom. The molecule has 0 N–H and O–H groups in total. The van der Waals surface area contributed by atoms with Gasteiger partial charge in [-0.15, -0.1) is 0 Å². The largest absolute Gasteiger partial charge is 0.458 e. The molecule has 3 heterocycles. The van der Waals surface area contributed by atoms with Crippen molar-refractivity contribution in [2.45, 2.75) is 0 Å². The zero-order valence-electron chi connectivity index (χ0n) is 15.6. The maximum atomic E-state index is 6.37. The van der Waals surface area contributed by atoms with Gasteiger partial charge < -0.3 is 9.30 Å². The van der Waals surface area contributed by atoms with E-state index in [1.54, 1.807) is 0 Å². The van der Waals surface area contributed by atoms with Crippen LogP contribution in [0.5, 0.6) is 11.5 Å². The number of aromatic nitrogens is 1. The van der Waals surface area contributed by atoms with Gasteiger partial charge in [-0.2, -0.15) is 0 Å². The van der Waals surface area contributed by atoms with Crippen LogP contribution in [0.4, 0.5) is 5.69 Å². The predicted octanol–water partition coefficient (Wildman–Crippen LogP) is 4.05. The summed E-state index contributed by atoms with van der Waals surface area (Å²) in [6.45, 7) is 3.90. The van der Waals surface area contributed by atoms with E-state index in [4.69, 9.17) is 4.74 Å². The number of para-hydroxylation sites is 2. The summed E-state index contributed by atoms with van der Waals surface area (Å²) in [5.74, 6) is 1.78. The molecule has 0 saturated carbocycles. The van der Waals surface area contributed by atoms with E-state index in [-0.39, 0.29) is 6.71 Å². The average molecular weight is 370 g/mol. The highest BCUT2D eigenvalue weighted by Crippen LogP contribution is 2.37. The topological polar surface area (TPSA) is 26.5 Å². The van der Waals surface area contributed by atoms with Gasteiger partial charge in [0.15, 0.2) is 0 Å². The van der Waals surface area contributed by atoms with E-state index in [1.807, 2.05) is 18.2 Å². The lowest BCUT2D eigenvalue weighted by molar-refractivity contribution is 0.487. The van der Waals surface area contributed by atoms with Gasteiger partial charge in [0, 0.05) is 22.0 Å². The predicted molar refractivity (Wildman–Crippen MR) is 121 cm³/mol. The Labute approximate surface area is 168 Å². The minimum Gasteiger partial charge on any atom is -0.458 e. The lowest BCUT2D eigenvalue weighted by Gasteiger charge is -2.33. The first-order valence-corrected chi connectivity index (χ1v) is 9.79. The van der Waals surface area contributed by atoms with E-state index in [0.29, 0.717) is 0 Å². The fourth-order valence-corrected chi connectivity index (χ4v) is 5.26. The molecule has 29 heavy (non-hydrogen) atoms. The van der Waals surface area contributed by atoms with Crippen LogP contribution in [0.3, 0.4) is 0 Å². The van der Waals surface area contributed by atoms with Gasteiger partial charge in [-0.05, 0) is 53.4 Å². The maximum absolute atomic E-state index is 6.37. The molecule has 4 heteroatoms. The minimum absolute atomic E-state index is 0.0761. The molecule has 2 aliphatic rings. The van der Waals surface area contributed by atoms with Crippen molar-refractivity contribution >= 4 is 57.3 Å². The number of nitrogens with zero attached hydrogens (tertiary/aromatic N) is 2. The van der Waals surface area contributed by atoms with Crippen molar-refractivity contribution in [3.63, 3.8) is 0 Å². The number of benzene rings is 4. The summed E-state index contributed by atoms with van der Waals surface area (Å²) < 4.78 is 8.76. The van der Waals surface area contributed by atoms with Gasteiger partial charge in [0.05, 0.1) is 11.2 Å². The van der Waals surface area contributed by atoms with E-state index in [2.05, 4.69) is 76.9 Å². The molecule has 1 aromatic heterocycles. The highest BCUT2D eigenvalue weighted by atomic mass is 16.5. The summed E-state index contributed by atoms with van der Waals surface area (Å²) in [7, 11) is 0. The number of fused-ring (bicyclic) bond motifs is 7. The molecule has 0 spiro atoms. The van der Waals surface area contributed by atoms with E-state index in [1.165, 1.54) is 38.4 Å². The molecular weight excluding hydrogens is 355 g/mol. The summed E-state index contributed by atoms with van der Waals surface area (Å²) in [4.78, 5) is 4.33. The highest BCUT2D eigenvalue weighted by molar-refractivity contribution is 7.00. The van der Waals surface area contributed by atoms with Crippen LogP contribution in [0.2, 0.25) is 0 Å². The molecule has 0 radical (unpaired) electrons. The Balaban J connectivity index is 1.75. The Morgan fingerprint density at radius 1 is 0.759 bits per heavy atom. The molecule has 5 aromatic rings. The minimum atomic E-state index is 0.0761. The van der Waals surface area contributed by atoms with Gasteiger partial charge >= 0.3 is 0 Å². The molecular formula is C25H15BN2O. The quantitative estimate of drug-likeness (QED) is 0.316. The maximum Gasteiger partial charge on any atom is 0.259 e. The Bertz CT molecular complexity index is 1510. The molecule has 3 nitrogen and oxygen atoms in total. The van der Waals surface area contributed by atoms with Gasteiger partial charge in [-0.3, -0.25) is 4.99 Å². The molecule has 134 valence electrons. The number of hydrogen-bond acceptors (Lipinski definition) is 2. The third-order valence-electron chi connectivity index (χ3n) is 6.33. The third-order valence-corrected chi connectivity index (χ3v) is 6.33. The summed E-state index contributed by atoms with van der Waals surface area (Å²) in [6, 6.07) is 27.7. The SMILES string of the molecule is C=Nc1cccc2c1B1c3c(cccc3-n3c4ccccc4c4cccc1c43)O2. The second kappa shape index (κ2) is 5.18. The van der Waals surface area contributed by atoms with Crippen molar-refractivity contribution in [1.82, 2.24) is 4.57 Å². The van der Waals surface area contributed by atoms with Crippen LogP contribution in [0.1, 0.15) is 0 Å². The van der Waals surface area contributed by atoms with Gasteiger partial charge in [-0.1, -0.05) is 48.5 Å². The first kappa shape index (κ1) is 15.2. The first-order valence-electron chi connectivity index (χ1n) is 9.79. The molecule has 0 unspecified atom stereocenters. The van der Waals surface area contributed by atoms with Crippen molar-refractivity contribution < 1.29 is 4.74 Å². The molecule has 0 amide bonds. The van der Waals surface area contributed by atoms with Crippen molar-refractivity contribution in [3.05, 3.63) is 78.9 Å². The monoisotopic (exact) mass is 370 g/mol. The summed E-state index contributed by atoms with van der Waals surface area (Å²) >= 11 is 0. The van der Waals surface area contributed by atoms with E-state index in [0.717, 1.165) is 22.6 Å². The lowest BCUT2D eigenvalue weighted by Crippen LogP contribution is -2.58. The summed E-state index contributed by atoms with van der Waals surface area (Å²) in [6.07, 6.45) is 0. The van der Waals surface area contributed by atoms with E-state index in [9.17, 15) is 0 Å². The smallest absolute Gasteiger partial charge is 0.259 e. The van der Waals surface area contributed by atoms with Crippen LogP contribution < -0.4 is 21.1 Å². The Kier molecular flexibility index (Phi) is 2.71. The molecule has 4 aromatic carbocycles. The van der Waals surface area contributed by atoms with Crippen LogP contribution in [-0.2, 0) is 0 Å². The summed E-state index contributed by atoms with van der Waals surface area (Å²) in [5.41, 5.74) is 8.16. The fraction of sp³-hybridized carbons (Fsp3) is 0. The molecule has 0 saturated heterocycles. The fourth-order valence-electron chi connectivity index (χ4n) is 5.26. The second-order valence-corrected chi connectivity index (χ2v) is 7.67. The number of rotatable bonds is 1. The Hall–Kier alpha value is -3.79. The molecule has 0 fully saturated rings. The summed E-state index contributed by atoms with van der Waals surface area (Å²) in [5, 5.41) is 2.56. The molecule has 7 rings (SSSR count). The van der Waals surface area contributed by atoms with Crippen LogP contribution in [-0.4, -0.2) is 18.0 Å². The first-order chi connectivity index (χ1) is 14.4. The van der Waals surface area contributed by atoms with E-state index >= 15 is 0 Å². The third kappa shape index (κ3) is 1.73. The molecule has 0 bridgehead atoms. The van der Waals surface area contributed by atoms with Gasteiger partial charge in [0.25, 0.3) is 6.71 Å². The van der Waals surface area contributed by atoms with Crippen LogP contribution in [0, 0.1) is 0 Å². The van der Waals surface area contributed by atoms with Crippen LogP contribution >= 0.6 is 0 Å². The standard InChI is InChI=1S/C25H15BN2O/c1-27-18-10-5-13-21-23(18)26-17-9-4-8-16-15-7-2-3-11-19(15)28(25(16)17)20-12-6-14-22(29-21)24(20)26/h2-14H,1H2. The van der Waals surface area contributed by atoms with Gasteiger partial charge in [0.2, 0.25) is 0 Å². The molecule has 2 aliphatic heterocycles. The molecule has 0 aliphatic carbocycles. The van der Waals surface area contributed by atoms with Crippen molar-refractivity contribution in [2.24, 2.45) is 4.99 Å². The number of ether oxygens (including phenoxy) is 1. The highest BCUT2D eigenvalue weighted by Gasteiger charge is 2.41. The van der Waals surface area contributed by atoms with Crippen molar-refractivity contribution in [2.75, 3.05) is 0 Å². The van der Waals surface area contributed by atoms with Crippen LogP contribution in [0.15, 0.2) is 83.9 Å². The molecule has 0 atom stereocenters. The lowest BCUT2D eigenvalue weighted by atomic mass is 9.34. The number of aliphatic imine (C=N–C) groups is 1. The van der Waals surface area contributed by atoms with Crippen molar-refractivity contribution in [1.29, 1.82) is 0 Å². The van der Waals surface area contributed by atoms with E-state index < -0.39 is 0 Å². The Morgan fingerprint density at radius 3 is 2.41 bits per heavy atom.